The number of hydrogen-bond acceptors (Lipinski definition) is 2. The van der Waals surface area contributed by atoms with Gasteiger partial charge in [-0.15, -0.1) is 0 Å². The molecule has 2 heteroatoms. The van der Waals surface area contributed by atoms with Crippen LogP contribution in [0.25, 0.3) is 21.8 Å². The summed E-state index contributed by atoms with van der Waals surface area (Å²) in [5, 5.41) is 2.17. The molecule has 0 saturated heterocycles. The van der Waals surface area contributed by atoms with Crippen molar-refractivity contribution in [3.8, 4) is 11.8 Å². The van der Waals surface area contributed by atoms with E-state index in [1.54, 1.807) is 6.20 Å². The monoisotopic (exact) mass is 280 g/mol. The quantitative estimate of drug-likeness (QED) is 0.356. The van der Waals surface area contributed by atoms with E-state index < -0.39 is 0 Å². The van der Waals surface area contributed by atoms with Gasteiger partial charge in [-0.2, -0.15) is 0 Å². The van der Waals surface area contributed by atoms with Gasteiger partial charge in [-0.1, -0.05) is 42.3 Å². The van der Waals surface area contributed by atoms with Crippen molar-refractivity contribution in [1.29, 1.82) is 0 Å². The van der Waals surface area contributed by atoms with E-state index in [1.165, 1.54) is 0 Å². The van der Waals surface area contributed by atoms with Gasteiger partial charge in [0.15, 0.2) is 0 Å². The predicted molar refractivity (Wildman–Crippen MR) is 89.5 cm³/mol. The van der Waals surface area contributed by atoms with E-state index in [1.807, 2.05) is 54.6 Å². The summed E-state index contributed by atoms with van der Waals surface area (Å²) in [5.41, 5.74) is 3.57. The molecule has 2 heterocycles. The van der Waals surface area contributed by atoms with Crippen molar-refractivity contribution in [2.24, 2.45) is 0 Å². The van der Waals surface area contributed by atoms with E-state index in [-0.39, 0.29) is 0 Å². The lowest BCUT2D eigenvalue weighted by molar-refractivity contribution is 1.34. The SMILES string of the molecule is C(#Cc1ccc2ccc3cccnc3c2n1)c1ccccc1. The first kappa shape index (κ1) is 12.6. The molecule has 0 amide bonds. The Bertz CT molecular complexity index is 1020. The molecule has 0 fully saturated rings. The standard InChI is InChI=1S/C20H12N2/c1-2-5-15(6-3-1)8-12-18-13-11-17-10-9-16-7-4-14-21-19(16)20(17)22-18/h1-7,9-11,13-14H. The van der Waals surface area contributed by atoms with Crippen molar-refractivity contribution < 1.29 is 0 Å². The van der Waals surface area contributed by atoms with Gasteiger partial charge in [-0.3, -0.25) is 4.98 Å². The number of fused-ring (bicyclic) bond motifs is 3. The van der Waals surface area contributed by atoms with Gasteiger partial charge in [0.2, 0.25) is 0 Å². The van der Waals surface area contributed by atoms with Crippen LogP contribution in [0, 0.1) is 11.8 Å². The van der Waals surface area contributed by atoms with Gasteiger partial charge in [-0.25, -0.2) is 4.98 Å². The Balaban J connectivity index is 1.87. The number of nitrogens with zero attached hydrogens (tertiary/aromatic N) is 2. The van der Waals surface area contributed by atoms with Crippen LogP contribution < -0.4 is 0 Å². The zero-order chi connectivity index (χ0) is 14.8. The molecule has 102 valence electrons. The van der Waals surface area contributed by atoms with E-state index in [9.17, 15) is 0 Å². The number of benzene rings is 2. The van der Waals surface area contributed by atoms with Crippen LogP contribution in [0.15, 0.2) is 72.9 Å². The Morgan fingerprint density at radius 1 is 0.636 bits per heavy atom. The smallest absolute Gasteiger partial charge is 0.114 e. The summed E-state index contributed by atoms with van der Waals surface area (Å²) in [6.45, 7) is 0. The third-order valence-electron chi connectivity index (χ3n) is 3.54. The largest absolute Gasteiger partial charge is 0.254 e. The Kier molecular flexibility index (Phi) is 3.03. The summed E-state index contributed by atoms with van der Waals surface area (Å²) in [6.07, 6.45) is 1.80. The van der Waals surface area contributed by atoms with E-state index in [0.29, 0.717) is 0 Å². The number of rotatable bonds is 0. The van der Waals surface area contributed by atoms with Crippen LogP contribution in [-0.2, 0) is 0 Å². The highest BCUT2D eigenvalue weighted by Crippen LogP contribution is 2.21. The maximum Gasteiger partial charge on any atom is 0.114 e. The summed E-state index contributed by atoms with van der Waals surface area (Å²) in [4.78, 5) is 9.14. The van der Waals surface area contributed by atoms with E-state index >= 15 is 0 Å². The van der Waals surface area contributed by atoms with Gasteiger partial charge in [0, 0.05) is 22.5 Å². The molecule has 2 aromatic carbocycles. The zero-order valence-electron chi connectivity index (χ0n) is 11.8. The fraction of sp³-hybridized carbons (Fsp3) is 0. The first-order valence-electron chi connectivity index (χ1n) is 7.12. The van der Waals surface area contributed by atoms with Crippen LogP contribution in [0.4, 0.5) is 0 Å². The topological polar surface area (TPSA) is 25.8 Å². The van der Waals surface area contributed by atoms with E-state index in [2.05, 4.69) is 33.9 Å². The molecule has 0 N–H and O–H groups in total. The lowest BCUT2D eigenvalue weighted by Gasteiger charge is -2.02. The van der Waals surface area contributed by atoms with Crippen molar-refractivity contribution in [2.75, 3.05) is 0 Å². The summed E-state index contributed by atoms with van der Waals surface area (Å²) in [7, 11) is 0. The second-order valence-electron chi connectivity index (χ2n) is 5.02. The maximum absolute atomic E-state index is 4.68. The Labute approximate surface area is 128 Å². The molecule has 0 unspecified atom stereocenters. The van der Waals surface area contributed by atoms with E-state index in [0.717, 1.165) is 33.1 Å². The molecule has 2 aromatic heterocycles. The Hall–Kier alpha value is -3.18. The Morgan fingerprint density at radius 2 is 1.41 bits per heavy atom. The zero-order valence-corrected chi connectivity index (χ0v) is 11.8. The van der Waals surface area contributed by atoms with Crippen LogP contribution >= 0.6 is 0 Å². The van der Waals surface area contributed by atoms with Crippen molar-refractivity contribution in [3.63, 3.8) is 0 Å². The molecule has 0 aliphatic carbocycles. The second kappa shape index (κ2) is 5.31. The summed E-state index contributed by atoms with van der Waals surface area (Å²) < 4.78 is 0. The molecule has 0 aliphatic heterocycles. The van der Waals surface area contributed by atoms with Gasteiger partial charge in [0.1, 0.15) is 5.69 Å². The second-order valence-corrected chi connectivity index (χ2v) is 5.02. The van der Waals surface area contributed by atoms with Crippen LogP contribution in [0.3, 0.4) is 0 Å². The molecular weight excluding hydrogens is 268 g/mol. The molecule has 0 spiro atoms. The molecule has 0 aliphatic rings. The number of pyridine rings is 2. The van der Waals surface area contributed by atoms with Crippen molar-refractivity contribution >= 4 is 21.8 Å². The molecule has 22 heavy (non-hydrogen) atoms. The molecule has 2 nitrogen and oxygen atoms in total. The molecular formula is C20H12N2. The third-order valence-corrected chi connectivity index (χ3v) is 3.54. The lowest BCUT2D eigenvalue weighted by atomic mass is 10.1. The highest BCUT2D eigenvalue weighted by Gasteiger charge is 2.03. The van der Waals surface area contributed by atoms with Crippen LogP contribution in [0.1, 0.15) is 11.3 Å². The van der Waals surface area contributed by atoms with Crippen LogP contribution in [0.2, 0.25) is 0 Å². The number of aromatic nitrogens is 2. The van der Waals surface area contributed by atoms with Crippen LogP contribution in [0.5, 0.6) is 0 Å². The average molecular weight is 280 g/mol. The lowest BCUT2D eigenvalue weighted by Crippen LogP contribution is -1.88. The minimum atomic E-state index is 0.759. The fourth-order valence-corrected chi connectivity index (χ4v) is 2.45. The third kappa shape index (κ3) is 2.30. The molecule has 0 bridgehead atoms. The predicted octanol–water partition coefficient (Wildman–Crippen LogP) is 4.18. The van der Waals surface area contributed by atoms with Crippen molar-refractivity contribution in [3.05, 3.63) is 84.2 Å². The van der Waals surface area contributed by atoms with E-state index in [4.69, 9.17) is 0 Å². The molecule has 0 atom stereocenters. The van der Waals surface area contributed by atoms with Gasteiger partial charge < -0.3 is 0 Å². The molecule has 0 radical (unpaired) electrons. The minimum absolute atomic E-state index is 0.759. The van der Waals surface area contributed by atoms with Crippen LogP contribution in [-0.4, -0.2) is 9.97 Å². The van der Waals surface area contributed by atoms with Gasteiger partial charge in [-0.05, 0) is 36.3 Å². The minimum Gasteiger partial charge on any atom is -0.254 e. The first-order chi connectivity index (χ1) is 10.9. The summed E-state index contributed by atoms with van der Waals surface area (Å²) >= 11 is 0. The first-order valence-corrected chi connectivity index (χ1v) is 7.12. The average Bonchev–Trinajstić information content (AvgIpc) is 2.60. The van der Waals surface area contributed by atoms with Gasteiger partial charge >= 0.3 is 0 Å². The highest BCUT2D eigenvalue weighted by molar-refractivity contribution is 6.02. The van der Waals surface area contributed by atoms with Gasteiger partial charge in [0.05, 0.1) is 11.0 Å². The molecule has 4 aromatic rings. The normalized spacial score (nSPS) is 10.4. The number of hydrogen-bond donors (Lipinski definition) is 0. The summed E-state index contributed by atoms with van der Waals surface area (Å²) in [5.74, 6) is 6.27. The van der Waals surface area contributed by atoms with Gasteiger partial charge in [0.25, 0.3) is 0 Å². The van der Waals surface area contributed by atoms with Crippen molar-refractivity contribution in [1.82, 2.24) is 9.97 Å². The maximum atomic E-state index is 4.68. The fourth-order valence-electron chi connectivity index (χ4n) is 2.45. The van der Waals surface area contributed by atoms with Crippen molar-refractivity contribution in [2.45, 2.75) is 0 Å². The molecule has 4 rings (SSSR count). The highest BCUT2D eigenvalue weighted by atomic mass is 14.7. The Morgan fingerprint density at radius 3 is 2.27 bits per heavy atom. The summed E-state index contributed by atoms with van der Waals surface area (Å²) in [6, 6.07) is 22.1. The molecule has 0 saturated carbocycles.